The monoisotopic (exact) mass is 312 g/mol. The van der Waals surface area contributed by atoms with Crippen LogP contribution in [0.4, 0.5) is 4.39 Å². The van der Waals surface area contributed by atoms with Gasteiger partial charge in [0.25, 0.3) is 0 Å². The minimum Gasteiger partial charge on any atom is -0.326 e. The molecule has 0 fully saturated rings. The third kappa shape index (κ3) is 4.10. The van der Waals surface area contributed by atoms with E-state index in [-0.39, 0.29) is 23.5 Å². The van der Waals surface area contributed by atoms with Gasteiger partial charge in [0.1, 0.15) is 5.82 Å². The van der Waals surface area contributed by atoms with E-state index in [0.717, 1.165) is 6.07 Å². The molecule has 2 rings (SSSR count). The summed E-state index contributed by atoms with van der Waals surface area (Å²) in [7, 11) is -3.65. The van der Waals surface area contributed by atoms with E-state index in [9.17, 15) is 12.8 Å². The van der Waals surface area contributed by atoms with Crippen molar-refractivity contribution in [3.05, 3.63) is 48.0 Å². The van der Waals surface area contributed by atoms with Crippen molar-refractivity contribution >= 4 is 10.0 Å². The van der Waals surface area contributed by atoms with Crippen LogP contribution in [0.3, 0.4) is 0 Å². The summed E-state index contributed by atoms with van der Waals surface area (Å²) in [4.78, 5) is 0.0171. The van der Waals surface area contributed by atoms with Crippen LogP contribution in [0.1, 0.15) is 12.0 Å². The molecule has 0 unspecified atom stereocenters. The van der Waals surface area contributed by atoms with Crippen molar-refractivity contribution in [1.82, 2.24) is 14.5 Å². The number of sulfonamides is 1. The zero-order valence-electron chi connectivity index (χ0n) is 11.4. The summed E-state index contributed by atoms with van der Waals surface area (Å²) in [6, 6.07) is 5.40. The van der Waals surface area contributed by atoms with Crippen LogP contribution in [0.25, 0.3) is 0 Å². The molecule has 1 aromatic carbocycles. The van der Waals surface area contributed by atoms with Crippen LogP contribution in [-0.2, 0) is 23.1 Å². The van der Waals surface area contributed by atoms with Gasteiger partial charge in [0.15, 0.2) is 0 Å². The second kappa shape index (κ2) is 6.79. The Morgan fingerprint density at radius 3 is 2.86 bits per heavy atom. The van der Waals surface area contributed by atoms with Crippen molar-refractivity contribution in [1.29, 1.82) is 0 Å². The number of hydrogen-bond donors (Lipinski definition) is 2. The van der Waals surface area contributed by atoms with E-state index >= 15 is 0 Å². The van der Waals surface area contributed by atoms with Gasteiger partial charge in [-0.15, -0.1) is 0 Å². The third-order valence-corrected chi connectivity index (χ3v) is 4.42. The maximum Gasteiger partial charge on any atom is 0.240 e. The van der Waals surface area contributed by atoms with Gasteiger partial charge in [0.05, 0.1) is 4.90 Å². The quantitative estimate of drug-likeness (QED) is 0.742. The van der Waals surface area contributed by atoms with Crippen LogP contribution in [0.15, 0.2) is 41.6 Å². The number of nitrogens with zero attached hydrogens (tertiary/aromatic N) is 2. The lowest BCUT2D eigenvalue weighted by Gasteiger charge is -2.08. The second-order valence-corrected chi connectivity index (χ2v) is 6.24. The standard InChI is InChI=1S/C13H17FN4O2S/c14-13-4-3-12(9-11(13)10-15)21(19,20)17-6-2-8-18-7-1-5-16-18/h1,3-5,7,9,17H,2,6,8,10,15H2. The Bertz CT molecular complexity index is 686. The van der Waals surface area contributed by atoms with Crippen LogP contribution >= 0.6 is 0 Å². The lowest BCUT2D eigenvalue weighted by molar-refractivity contribution is 0.552. The fourth-order valence-corrected chi connectivity index (χ4v) is 2.96. The number of halogens is 1. The molecule has 6 nitrogen and oxygen atoms in total. The number of nitrogens with one attached hydrogen (secondary N) is 1. The van der Waals surface area contributed by atoms with Gasteiger partial charge in [-0.2, -0.15) is 5.10 Å². The van der Waals surface area contributed by atoms with Gasteiger partial charge in [-0.1, -0.05) is 0 Å². The van der Waals surface area contributed by atoms with Gasteiger partial charge in [-0.3, -0.25) is 4.68 Å². The Kier molecular flexibility index (Phi) is 5.05. The molecule has 2 aromatic rings. The molecule has 21 heavy (non-hydrogen) atoms. The molecule has 1 aromatic heterocycles. The van der Waals surface area contributed by atoms with Gasteiger partial charge in [-0.25, -0.2) is 17.5 Å². The summed E-state index contributed by atoms with van der Waals surface area (Å²) < 4.78 is 41.7. The third-order valence-electron chi connectivity index (χ3n) is 2.96. The van der Waals surface area contributed by atoms with Crippen molar-refractivity contribution in [3.8, 4) is 0 Å². The van der Waals surface area contributed by atoms with Gasteiger partial charge < -0.3 is 5.73 Å². The highest BCUT2D eigenvalue weighted by Crippen LogP contribution is 2.14. The zero-order chi connectivity index (χ0) is 15.3. The number of rotatable bonds is 7. The van der Waals surface area contributed by atoms with Gasteiger partial charge in [0, 0.05) is 37.6 Å². The second-order valence-electron chi connectivity index (χ2n) is 4.48. The predicted molar refractivity (Wildman–Crippen MR) is 76.3 cm³/mol. The van der Waals surface area contributed by atoms with Crippen molar-refractivity contribution in [2.75, 3.05) is 6.54 Å². The summed E-state index contributed by atoms with van der Waals surface area (Å²) in [6.45, 7) is 0.846. The van der Waals surface area contributed by atoms with Crippen LogP contribution < -0.4 is 10.5 Å². The van der Waals surface area contributed by atoms with Gasteiger partial charge in [0.2, 0.25) is 10.0 Å². The number of hydrogen-bond acceptors (Lipinski definition) is 4. The minimum absolute atomic E-state index is 0.0171. The molecule has 0 spiro atoms. The summed E-state index contributed by atoms with van der Waals surface area (Å²) in [6.07, 6.45) is 4.07. The smallest absolute Gasteiger partial charge is 0.240 e. The molecule has 0 atom stereocenters. The highest BCUT2D eigenvalue weighted by atomic mass is 32.2. The molecule has 3 N–H and O–H groups in total. The first-order valence-corrected chi connectivity index (χ1v) is 7.97. The van der Waals surface area contributed by atoms with E-state index in [1.807, 2.05) is 6.20 Å². The van der Waals surface area contributed by atoms with E-state index in [2.05, 4.69) is 9.82 Å². The molecule has 0 amide bonds. The number of nitrogens with two attached hydrogens (primary N) is 1. The Hall–Kier alpha value is -1.77. The van der Waals surface area contributed by atoms with Crippen molar-refractivity contribution in [2.45, 2.75) is 24.4 Å². The summed E-state index contributed by atoms with van der Waals surface area (Å²) in [5.74, 6) is -0.505. The fraction of sp³-hybridized carbons (Fsp3) is 0.308. The summed E-state index contributed by atoms with van der Waals surface area (Å²) >= 11 is 0. The number of aromatic nitrogens is 2. The summed E-state index contributed by atoms with van der Waals surface area (Å²) in [5, 5.41) is 4.02. The number of aryl methyl sites for hydroxylation is 1. The van der Waals surface area contributed by atoms with E-state index in [1.165, 1.54) is 12.1 Å². The zero-order valence-corrected chi connectivity index (χ0v) is 12.2. The number of benzene rings is 1. The lowest BCUT2D eigenvalue weighted by Crippen LogP contribution is -2.26. The van der Waals surface area contributed by atoms with Crippen molar-refractivity contribution in [2.24, 2.45) is 5.73 Å². The first kappa shape index (κ1) is 15.6. The van der Waals surface area contributed by atoms with E-state index in [4.69, 9.17) is 5.73 Å². The van der Waals surface area contributed by atoms with E-state index in [1.54, 1.807) is 16.9 Å². The molecule has 0 saturated heterocycles. The molecule has 0 saturated carbocycles. The Labute approximate surface area is 122 Å². The Balaban J connectivity index is 1.95. The predicted octanol–water partition coefficient (Wildman–Crippen LogP) is 0.850. The fourth-order valence-electron chi connectivity index (χ4n) is 1.84. The maximum atomic E-state index is 13.3. The topological polar surface area (TPSA) is 90.0 Å². The first-order chi connectivity index (χ1) is 10.0. The summed E-state index contributed by atoms with van der Waals surface area (Å²) in [5.41, 5.74) is 5.55. The molecule has 8 heteroatoms. The van der Waals surface area contributed by atoms with Crippen LogP contribution in [-0.4, -0.2) is 24.7 Å². The van der Waals surface area contributed by atoms with E-state index in [0.29, 0.717) is 13.0 Å². The SMILES string of the molecule is NCc1cc(S(=O)(=O)NCCCn2cccn2)ccc1F. The molecule has 0 radical (unpaired) electrons. The van der Waals surface area contributed by atoms with E-state index < -0.39 is 15.8 Å². The molecule has 0 aliphatic carbocycles. The van der Waals surface area contributed by atoms with Crippen LogP contribution in [0, 0.1) is 5.82 Å². The van der Waals surface area contributed by atoms with Gasteiger partial charge >= 0.3 is 0 Å². The molecule has 114 valence electrons. The normalized spacial score (nSPS) is 11.7. The molecular formula is C13H17FN4O2S. The molecule has 1 heterocycles. The minimum atomic E-state index is -3.65. The molecule has 0 aliphatic rings. The first-order valence-electron chi connectivity index (χ1n) is 6.48. The van der Waals surface area contributed by atoms with Gasteiger partial charge in [-0.05, 0) is 30.7 Å². The highest BCUT2D eigenvalue weighted by molar-refractivity contribution is 7.89. The average molecular weight is 312 g/mol. The molecule has 0 aliphatic heterocycles. The average Bonchev–Trinajstić information content (AvgIpc) is 2.97. The largest absolute Gasteiger partial charge is 0.326 e. The lowest BCUT2D eigenvalue weighted by atomic mass is 10.2. The highest BCUT2D eigenvalue weighted by Gasteiger charge is 2.15. The maximum absolute atomic E-state index is 13.3. The Morgan fingerprint density at radius 1 is 1.38 bits per heavy atom. The van der Waals surface area contributed by atoms with Crippen molar-refractivity contribution < 1.29 is 12.8 Å². The van der Waals surface area contributed by atoms with Crippen LogP contribution in [0.5, 0.6) is 0 Å². The molecular weight excluding hydrogens is 295 g/mol. The van der Waals surface area contributed by atoms with Crippen LogP contribution in [0.2, 0.25) is 0 Å². The molecule has 0 bridgehead atoms. The van der Waals surface area contributed by atoms with Crippen molar-refractivity contribution in [3.63, 3.8) is 0 Å². The Morgan fingerprint density at radius 2 is 2.19 bits per heavy atom.